The van der Waals surface area contributed by atoms with Crippen molar-refractivity contribution in [3.8, 4) is 0 Å². The molecule has 0 atom stereocenters. The number of hydrogen-bond donors (Lipinski definition) is 1. The Balaban J connectivity index is 1.52. The number of nitrogens with one attached hydrogen (secondary N) is 1. The second-order valence-corrected chi connectivity index (χ2v) is 6.94. The van der Waals surface area contributed by atoms with E-state index in [2.05, 4.69) is 42.8 Å². The third-order valence-electron chi connectivity index (χ3n) is 5.15. The van der Waals surface area contributed by atoms with Gasteiger partial charge in [-0.25, -0.2) is 0 Å². The van der Waals surface area contributed by atoms with Crippen LogP contribution in [-0.4, -0.2) is 41.2 Å². The highest BCUT2D eigenvalue weighted by atomic mass is 16.2. The highest BCUT2D eigenvalue weighted by Gasteiger charge is 2.31. The molecule has 1 N–H and O–H groups in total. The Labute approximate surface area is 166 Å². The summed E-state index contributed by atoms with van der Waals surface area (Å²) < 4.78 is 0. The minimum absolute atomic E-state index is 0.0214. The van der Waals surface area contributed by atoms with Gasteiger partial charge in [-0.2, -0.15) is 0 Å². The van der Waals surface area contributed by atoms with Crippen LogP contribution in [0.1, 0.15) is 40.9 Å². The fourth-order valence-electron chi connectivity index (χ4n) is 3.37. The third kappa shape index (κ3) is 4.31. The molecule has 5 nitrogen and oxygen atoms in total. The van der Waals surface area contributed by atoms with Crippen molar-refractivity contribution in [3.63, 3.8) is 0 Å². The molecule has 0 radical (unpaired) electrons. The predicted molar refractivity (Wildman–Crippen MR) is 111 cm³/mol. The van der Waals surface area contributed by atoms with Crippen LogP contribution in [0.25, 0.3) is 5.70 Å². The Morgan fingerprint density at radius 3 is 2.21 bits per heavy atom. The molecule has 5 heteroatoms. The molecule has 1 aliphatic rings. The molecule has 0 aromatic heterocycles. The Hall–Kier alpha value is -2.92. The molecule has 0 saturated heterocycles. The van der Waals surface area contributed by atoms with Crippen LogP contribution in [0.5, 0.6) is 0 Å². The topological polar surface area (TPSA) is 52.7 Å². The van der Waals surface area contributed by atoms with Crippen molar-refractivity contribution in [1.29, 1.82) is 0 Å². The summed E-state index contributed by atoms with van der Waals surface area (Å²) in [6, 6.07) is 15.6. The molecule has 2 amide bonds. The first-order valence-corrected chi connectivity index (χ1v) is 9.70. The minimum atomic E-state index is -0.200. The largest absolute Gasteiger partial charge is 0.350 e. The van der Waals surface area contributed by atoms with E-state index in [-0.39, 0.29) is 18.4 Å². The summed E-state index contributed by atoms with van der Waals surface area (Å²) in [5, 5.41) is 2.89. The summed E-state index contributed by atoms with van der Waals surface area (Å²) in [5.41, 5.74) is 4.27. The van der Waals surface area contributed by atoms with Gasteiger partial charge in [0.2, 0.25) is 5.91 Å². The number of fused-ring (bicyclic) bond motifs is 1. The van der Waals surface area contributed by atoms with Gasteiger partial charge in [-0.15, -0.1) is 0 Å². The number of hydrogen-bond acceptors (Lipinski definition) is 3. The minimum Gasteiger partial charge on any atom is -0.350 e. The van der Waals surface area contributed by atoms with Gasteiger partial charge < -0.3 is 5.32 Å². The van der Waals surface area contributed by atoms with Crippen molar-refractivity contribution in [2.75, 3.05) is 19.6 Å². The molecule has 1 heterocycles. The van der Waals surface area contributed by atoms with Gasteiger partial charge in [0.25, 0.3) is 5.91 Å². The van der Waals surface area contributed by atoms with E-state index >= 15 is 0 Å². The summed E-state index contributed by atoms with van der Waals surface area (Å²) in [6.07, 6.45) is 0. The van der Waals surface area contributed by atoms with E-state index in [9.17, 15) is 9.59 Å². The van der Waals surface area contributed by atoms with Crippen molar-refractivity contribution >= 4 is 17.5 Å². The summed E-state index contributed by atoms with van der Waals surface area (Å²) in [4.78, 5) is 28.6. The smallest absolute Gasteiger partial charge is 0.259 e. The van der Waals surface area contributed by atoms with Gasteiger partial charge in [0.1, 0.15) is 6.54 Å². The average molecular weight is 377 g/mol. The van der Waals surface area contributed by atoms with E-state index in [1.54, 1.807) is 6.07 Å². The monoisotopic (exact) mass is 377 g/mol. The molecule has 1 aliphatic heterocycles. The lowest BCUT2D eigenvalue weighted by molar-refractivity contribution is -0.121. The number of amides is 2. The molecule has 2 aromatic carbocycles. The van der Waals surface area contributed by atoms with Gasteiger partial charge in [0.15, 0.2) is 0 Å². The lowest BCUT2D eigenvalue weighted by Gasteiger charge is -2.18. The van der Waals surface area contributed by atoms with E-state index in [0.29, 0.717) is 17.8 Å². The summed E-state index contributed by atoms with van der Waals surface area (Å²) in [6.45, 7) is 11.7. The van der Waals surface area contributed by atoms with E-state index in [1.165, 1.54) is 10.5 Å². The summed E-state index contributed by atoms with van der Waals surface area (Å²) in [7, 11) is 0. The first-order chi connectivity index (χ1) is 13.5. The molecule has 0 fully saturated rings. The van der Waals surface area contributed by atoms with Gasteiger partial charge in [-0.05, 0) is 30.3 Å². The maximum absolute atomic E-state index is 12.5. The number of nitrogens with zero attached hydrogens (tertiary/aromatic N) is 2. The van der Waals surface area contributed by atoms with E-state index in [4.69, 9.17) is 0 Å². The molecule has 146 valence electrons. The fourth-order valence-corrected chi connectivity index (χ4v) is 3.37. The second kappa shape index (κ2) is 8.85. The highest BCUT2D eigenvalue weighted by Crippen LogP contribution is 2.30. The highest BCUT2D eigenvalue weighted by molar-refractivity contribution is 6.10. The molecule has 0 unspecified atom stereocenters. The molecule has 0 bridgehead atoms. The molecule has 2 aromatic rings. The fraction of sp³-hybridized carbons (Fsp3) is 0.304. The van der Waals surface area contributed by atoms with E-state index in [0.717, 1.165) is 30.8 Å². The van der Waals surface area contributed by atoms with Gasteiger partial charge in [-0.1, -0.05) is 62.9 Å². The van der Waals surface area contributed by atoms with Gasteiger partial charge in [-0.3, -0.25) is 19.4 Å². The average Bonchev–Trinajstić information content (AvgIpc) is 2.96. The van der Waals surface area contributed by atoms with E-state index < -0.39 is 0 Å². The van der Waals surface area contributed by atoms with Crippen LogP contribution >= 0.6 is 0 Å². The lowest BCUT2D eigenvalue weighted by atomic mass is 10.1. The summed E-state index contributed by atoms with van der Waals surface area (Å²) >= 11 is 0. The maximum atomic E-state index is 12.5. The van der Waals surface area contributed by atoms with Crippen molar-refractivity contribution in [2.45, 2.75) is 26.9 Å². The number of benzene rings is 2. The molecule has 0 aliphatic carbocycles. The lowest BCUT2D eigenvalue weighted by Crippen LogP contribution is -2.36. The number of carbonyl (C=O) groups excluding carboxylic acids is 2. The van der Waals surface area contributed by atoms with E-state index in [1.807, 2.05) is 30.3 Å². The van der Waals surface area contributed by atoms with Crippen LogP contribution in [0.2, 0.25) is 0 Å². The Kier molecular flexibility index (Phi) is 6.26. The molecule has 0 saturated carbocycles. The van der Waals surface area contributed by atoms with Crippen molar-refractivity contribution in [2.24, 2.45) is 0 Å². The SMILES string of the molecule is C=C1c2ccccc2C(=O)N1CC(=O)NCc1ccc(CN(CC)CC)cc1. The van der Waals surface area contributed by atoms with Crippen LogP contribution in [0.4, 0.5) is 0 Å². The Bertz CT molecular complexity index is 835. The molecular formula is C23H27N3O2. The molecule has 28 heavy (non-hydrogen) atoms. The molecule has 0 spiro atoms. The number of rotatable bonds is 8. The third-order valence-corrected chi connectivity index (χ3v) is 5.15. The van der Waals surface area contributed by atoms with Crippen molar-refractivity contribution in [3.05, 3.63) is 77.4 Å². The first-order valence-electron chi connectivity index (χ1n) is 9.70. The van der Waals surface area contributed by atoms with Crippen LogP contribution in [0.3, 0.4) is 0 Å². The first kappa shape index (κ1) is 19.8. The Morgan fingerprint density at radius 1 is 1.00 bits per heavy atom. The van der Waals surface area contributed by atoms with Crippen LogP contribution in [0, 0.1) is 0 Å². The molecule has 3 rings (SSSR count). The zero-order valence-electron chi connectivity index (χ0n) is 16.6. The normalized spacial score (nSPS) is 13.2. The summed E-state index contributed by atoms with van der Waals surface area (Å²) in [5.74, 6) is -0.369. The van der Waals surface area contributed by atoms with Crippen molar-refractivity contribution in [1.82, 2.24) is 15.1 Å². The molecular weight excluding hydrogens is 350 g/mol. The van der Waals surface area contributed by atoms with Gasteiger partial charge in [0, 0.05) is 29.9 Å². The zero-order valence-corrected chi connectivity index (χ0v) is 16.6. The number of carbonyl (C=O) groups is 2. The van der Waals surface area contributed by atoms with Gasteiger partial charge in [0.05, 0.1) is 0 Å². The van der Waals surface area contributed by atoms with Crippen LogP contribution in [0.15, 0.2) is 55.1 Å². The van der Waals surface area contributed by atoms with Crippen LogP contribution in [-0.2, 0) is 17.9 Å². The standard InChI is InChI=1S/C23H27N3O2/c1-4-25(5-2)15-19-12-10-18(11-13-19)14-24-22(27)16-26-17(3)20-8-6-7-9-21(20)23(26)28/h6-13H,3-5,14-16H2,1-2H3,(H,24,27). The second-order valence-electron chi connectivity index (χ2n) is 6.94. The Morgan fingerprint density at radius 2 is 1.61 bits per heavy atom. The van der Waals surface area contributed by atoms with Gasteiger partial charge >= 0.3 is 0 Å². The maximum Gasteiger partial charge on any atom is 0.259 e. The zero-order chi connectivity index (χ0) is 20.1. The predicted octanol–water partition coefficient (Wildman–Crippen LogP) is 3.27. The van der Waals surface area contributed by atoms with Crippen LogP contribution < -0.4 is 5.32 Å². The quantitative estimate of drug-likeness (QED) is 0.768. The van der Waals surface area contributed by atoms with Crippen molar-refractivity contribution < 1.29 is 9.59 Å².